The summed E-state index contributed by atoms with van der Waals surface area (Å²) in [7, 11) is 1.74. The third-order valence-electron chi connectivity index (χ3n) is 4.01. The Kier molecular flexibility index (Phi) is 6.34. The van der Waals surface area contributed by atoms with Crippen LogP contribution < -0.4 is 10.1 Å². The van der Waals surface area contributed by atoms with Crippen LogP contribution in [-0.4, -0.2) is 32.4 Å². The molecule has 2 unspecified atom stereocenters. The van der Waals surface area contributed by atoms with Crippen LogP contribution in [0.2, 0.25) is 0 Å². The molecule has 0 spiro atoms. The number of nitrogens with one attached hydrogen (secondary N) is 1. The molecule has 0 saturated carbocycles. The van der Waals surface area contributed by atoms with Gasteiger partial charge >= 0.3 is 0 Å². The Bertz CT molecular complexity index is 388. The summed E-state index contributed by atoms with van der Waals surface area (Å²) in [6.07, 6.45) is 6.28. The largest absolute Gasteiger partial charge is 0.496 e. The lowest BCUT2D eigenvalue weighted by atomic mass is 9.98. The molecule has 0 aromatic heterocycles. The molecule has 1 aliphatic heterocycles. The number of para-hydroxylation sites is 1. The van der Waals surface area contributed by atoms with Gasteiger partial charge in [-0.15, -0.1) is 0 Å². The standard InChI is InChI=1S/C17H27NO2/c1-3-18-15(10-11-16-8-6-12-20-16)13-14-7-4-5-9-17(14)19-2/h4-5,7,9,15-16,18H,3,6,8,10-13H2,1-2H3. The van der Waals surface area contributed by atoms with E-state index < -0.39 is 0 Å². The summed E-state index contributed by atoms with van der Waals surface area (Å²) in [5.41, 5.74) is 1.29. The maximum absolute atomic E-state index is 5.72. The summed E-state index contributed by atoms with van der Waals surface area (Å²) in [4.78, 5) is 0. The maximum Gasteiger partial charge on any atom is 0.122 e. The minimum Gasteiger partial charge on any atom is -0.496 e. The first-order valence-electron chi connectivity index (χ1n) is 7.80. The Morgan fingerprint density at radius 3 is 2.95 bits per heavy atom. The Morgan fingerprint density at radius 1 is 1.40 bits per heavy atom. The minimum absolute atomic E-state index is 0.480. The number of methoxy groups -OCH3 is 1. The molecule has 0 amide bonds. The van der Waals surface area contributed by atoms with Crippen molar-refractivity contribution in [2.75, 3.05) is 20.3 Å². The molecule has 112 valence electrons. The molecule has 1 aromatic rings. The van der Waals surface area contributed by atoms with Crippen molar-refractivity contribution in [1.29, 1.82) is 0 Å². The third-order valence-corrected chi connectivity index (χ3v) is 4.01. The van der Waals surface area contributed by atoms with E-state index in [-0.39, 0.29) is 0 Å². The van der Waals surface area contributed by atoms with Crippen molar-refractivity contribution in [2.24, 2.45) is 0 Å². The molecule has 2 atom stereocenters. The molecule has 2 rings (SSSR count). The van der Waals surface area contributed by atoms with Gasteiger partial charge in [0.2, 0.25) is 0 Å². The molecule has 3 nitrogen and oxygen atoms in total. The maximum atomic E-state index is 5.72. The summed E-state index contributed by atoms with van der Waals surface area (Å²) < 4.78 is 11.2. The van der Waals surface area contributed by atoms with Gasteiger partial charge in [-0.25, -0.2) is 0 Å². The monoisotopic (exact) mass is 277 g/mol. The zero-order valence-corrected chi connectivity index (χ0v) is 12.7. The number of likely N-dealkylation sites (N-methyl/N-ethyl adjacent to an activating group) is 1. The van der Waals surface area contributed by atoms with Gasteiger partial charge in [-0.1, -0.05) is 25.1 Å². The number of hydrogen-bond donors (Lipinski definition) is 1. The van der Waals surface area contributed by atoms with Gasteiger partial charge in [-0.3, -0.25) is 0 Å². The van der Waals surface area contributed by atoms with E-state index in [1.165, 1.54) is 18.4 Å². The van der Waals surface area contributed by atoms with Crippen molar-refractivity contribution in [3.63, 3.8) is 0 Å². The number of benzene rings is 1. The SMILES string of the molecule is CCNC(CCC1CCCO1)Cc1ccccc1OC. The highest BCUT2D eigenvalue weighted by atomic mass is 16.5. The fourth-order valence-electron chi connectivity index (χ4n) is 2.96. The van der Waals surface area contributed by atoms with E-state index >= 15 is 0 Å². The van der Waals surface area contributed by atoms with Crippen molar-refractivity contribution in [1.82, 2.24) is 5.32 Å². The van der Waals surface area contributed by atoms with Crippen LogP contribution in [0.4, 0.5) is 0 Å². The summed E-state index contributed by atoms with van der Waals surface area (Å²) in [6, 6.07) is 8.81. The van der Waals surface area contributed by atoms with E-state index in [1.807, 2.05) is 12.1 Å². The van der Waals surface area contributed by atoms with Crippen molar-refractivity contribution in [3.8, 4) is 5.75 Å². The van der Waals surface area contributed by atoms with E-state index in [2.05, 4.69) is 24.4 Å². The zero-order valence-electron chi connectivity index (χ0n) is 12.7. The normalized spacial score (nSPS) is 20.0. The summed E-state index contributed by atoms with van der Waals surface area (Å²) >= 11 is 0. The van der Waals surface area contributed by atoms with Gasteiger partial charge < -0.3 is 14.8 Å². The predicted molar refractivity (Wildman–Crippen MR) is 82.4 cm³/mol. The quantitative estimate of drug-likeness (QED) is 0.791. The molecule has 1 saturated heterocycles. The lowest BCUT2D eigenvalue weighted by molar-refractivity contribution is 0.0996. The minimum atomic E-state index is 0.480. The van der Waals surface area contributed by atoms with E-state index in [1.54, 1.807) is 7.11 Å². The highest BCUT2D eigenvalue weighted by Gasteiger charge is 2.18. The Morgan fingerprint density at radius 2 is 2.25 bits per heavy atom. The van der Waals surface area contributed by atoms with Crippen molar-refractivity contribution < 1.29 is 9.47 Å². The molecule has 0 radical (unpaired) electrons. The summed E-state index contributed by atoms with van der Waals surface area (Å²) in [6.45, 7) is 4.12. The van der Waals surface area contributed by atoms with Crippen LogP contribution in [0, 0.1) is 0 Å². The number of hydrogen-bond acceptors (Lipinski definition) is 3. The molecule has 0 bridgehead atoms. The molecule has 20 heavy (non-hydrogen) atoms. The zero-order chi connectivity index (χ0) is 14.2. The average Bonchev–Trinajstić information content (AvgIpc) is 2.99. The van der Waals surface area contributed by atoms with E-state index in [0.29, 0.717) is 12.1 Å². The fraction of sp³-hybridized carbons (Fsp3) is 0.647. The lowest BCUT2D eigenvalue weighted by Crippen LogP contribution is -2.32. The topological polar surface area (TPSA) is 30.5 Å². The van der Waals surface area contributed by atoms with Crippen LogP contribution in [0.15, 0.2) is 24.3 Å². The van der Waals surface area contributed by atoms with Gasteiger partial charge in [0.25, 0.3) is 0 Å². The second kappa shape index (κ2) is 8.28. The molecular weight excluding hydrogens is 250 g/mol. The van der Waals surface area contributed by atoms with Crippen LogP contribution in [-0.2, 0) is 11.2 Å². The van der Waals surface area contributed by atoms with Crippen LogP contribution in [0.5, 0.6) is 5.75 Å². The summed E-state index contributed by atoms with van der Waals surface area (Å²) in [5, 5.41) is 3.60. The Labute approximate surface area is 122 Å². The highest BCUT2D eigenvalue weighted by Crippen LogP contribution is 2.22. The molecule has 1 aliphatic rings. The second-order valence-corrected chi connectivity index (χ2v) is 5.48. The predicted octanol–water partition coefficient (Wildman–Crippen LogP) is 3.18. The summed E-state index contributed by atoms with van der Waals surface area (Å²) in [5.74, 6) is 0.993. The van der Waals surface area contributed by atoms with Gasteiger partial charge in [0.1, 0.15) is 5.75 Å². The molecule has 3 heteroatoms. The molecule has 0 aliphatic carbocycles. The van der Waals surface area contributed by atoms with Crippen molar-refractivity contribution >= 4 is 0 Å². The number of rotatable bonds is 8. The van der Waals surface area contributed by atoms with Gasteiger partial charge in [0.05, 0.1) is 13.2 Å². The Balaban J connectivity index is 1.90. The second-order valence-electron chi connectivity index (χ2n) is 5.48. The van der Waals surface area contributed by atoms with Gasteiger partial charge in [0, 0.05) is 12.6 Å². The lowest BCUT2D eigenvalue weighted by Gasteiger charge is -2.21. The molecule has 1 fully saturated rings. The van der Waals surface area contributed by atoms with Crippen molar-refractivity contribution in [2.45, 2.75) is 51.2 Å². The van der Waals surface area contributed by atoms with Crippen LogP contribution >= 0.6 is 0 Å². The number of ether oxygens (including phenoxy) is 2. The first kappa shape index (κ1) is 15.3. The molecule has 1 aromatic carbocycles. The smallest absolute Gasteiger partial charge is 0.122 e. The highest BCUT2D eigenvalue weighted by molar-refractivity contribution is 5.33. The van der Waals surface area contributed by atoms with Crippen LogP contribution in [0.1, 0.15) is 38.2 Å². The Hall–Kier alpha value is -1.06. The van der Waals surface area contributed by atoms with Crippen molar-refractivity contribution in [3.05, 3.63) is 29.8 Å². The van der Waals surface area contributed by atoms with Gasteiger partial charge in [-0.05, 0) is 50.3 Å². The van der Waals surface area contributed by atoms with E-state index in [0.717, 1.165) is 38.2 Å². The van der Waals surface area contributed by atoms with E-state index in [4.69, 9.17) is 9.47 Å². The van der Waals surface area contributed by atoms with Crippen LogP contribution in [0.3, 0.4) is 0 Å². The van der Waals surface area contributed by atoms with Gasteiger partial charge in [0.15, 0.2) is 0 Å². The van der Waals surface area contributed by atoms with Crippen LogP contribution in [0.25, 0.3) is 0 Å². The molecule has 1 heterocycles. The third kappa shape index (κ3) is 4.50. The average molecular weight is 277 g/mol. The molecular formula is C17H27NO2. The van der Waals surface area contributed by atoms with Gasteiger partial charge in [-0.2, -0.15) is 0 Å². The first-order valence-corrected chi connectivity index (χ1v) is 7.80. The molecule has 1 N–H and O–H groups in total. The van der Waals surface area contributed by atoms with E-state index in [9.17, 15) is 0 Å². The fourth-order valence-corrected chi connectivity index (χ4v) is 2.96. The first-order chi connectivity index (χ1) is 9.83.